The van der Waals surface area contributed by atoms with Crippen molar-refractivity contribution in [3.63, 3.8) is 0 Å². The number of benzene rings is 2. The standard InChI is InChI=1S/2C6H6O.2C4H9.Mg/c2*7-6-4-2-1-3-5-6;2*1-3-4-2;/h2*1-5,7H;2*1,3-4H2,2H3;/q;;2*-1;+2. The van der Waals surface area contributed by atoms with Gasteiger partial charge in [0.05, 0.1) is 0 Å². The van der Waals surface area contributed by atoms with E-state index in [2.05, 4.69) is 27.7 Å². The molecule has 0 atom stereocenters. The van der Waals surface area contributed by atoms with Crippen molar-refractivity contribution in [2.45, 2.75) is 39.5 Å². The average molecular weight is 327 g/mol. The van der Waals surface area contributed by atoms with Crippen molar-refractivity contribution in [3.8, 4) is 11.5 Å². The molecule has 0 heterocycles. The number of phenols is 2. The van der Waals surface area contributed by atoms with Crippen LogP contribution in [-0.4, -0.2) is 33.3 Å². The van der Waals surface area contributed by atoms with Crippen LogP contribution in [-0.2, 0) is 0 Å². The third-order valence-corrected chi connectivity index (χ3v) is 2.22. The molecule has 0 aliphatic rings. The van der Waals surface area contributed by atoms with Crippen molar-refractivity contribution in [1.29, 1.82) is 0 Å². The smallest absolute Gasteiger partial charge is 0.508 e. The molecule has 2 aromatic rings. The van der Waals surface area contributed by atoms with Gasteiger partial charge >= 0.3 is 23.1 Å². The van der Waals surface area contributed by atoms with Crippen LogP contribution in [0.2, 0.25) is 0 Å². The Kier molecular flexibility index (Phi) is 26.8. The molecule has 2 N–H and O–H groups in total. The zero-order chi connectivity index (χ0) is 17.1. The third-order valence-electron chi connectivity index (χ3n) is 2.22. The zero-order valence-corrected chi connectivity index (χ0v) is 16.0. The summed E-state index contributed by atoms with van der Waals surface area (Å²) in [7, 11) is 0. The number of para-hydroxylation sites is 2. The van der Waals surface area contributed by atoms with Gasteiger partial charge in [0.1, 0.15) is 11.5 Å². The van der Waals surface area contributed by atoms with Crippen molar-refractivity contribution in [3.05, 3.63) is 74.5 Å². The van der Waals surface area contributed by atoms with Crippen LogP contribution < -0.4 is 0 Å². The molecule has 0 bridgehead atoms. The van der Waals surface area contributed by atoms with Crippen LogP contribution in [0.15, 0.2) is 60.7 Å². The fourth-order valence-electron chi connectivity index (χ4n) is 0.856. The third kappa shape index (κ3) is 26.1. The maximum Gasteiger partial charge on any atom is 2.00 e. The predicted molar refractivity (Wildman–Crippen MR) is 102 cm³/mol. The molecule has 23 heavy (non-hydrogen) atoms. The van der Waals surface area contributed by atoms with Crippen molar-refractivity contribution in [1.82, 2.24) is 0 Å². The van der Waals surface area contributed by atoms with Gasteiger partial charge in [0.2, 0.25) is 0 Å². The summed E-state index contributed by atoms with van der Waals surface area (Å²) in [6, 6.07) is 17.4. The molecule has 3 heteroatoms. The number of hydrogen-bond donors (Lipinski definition) is 2. The molecule has 0 saturated heterocycles. The van der Waals surface area contributed by atoms with E-state index >= 15 is 0 Å². The van der Waals surface area contributed by atoms with E-state index in [4.69, 9.17) is 10.2 Å². The second-order valence-electron chi connectivity index (χ2n) is 4.38. The van der Waals surface area contributed by atoms with Crippen LogP contribution in [0.3, 0.4) is 0 Å². The van der Waals surface area contributed by atoms with Gasteiger partial charge < -0.3 is 24.1 Å². The molecule has 2 aromatic carbocycles. The normalized spacial score (nSPS) is 7.83. The fourth-order valence-corrected chi connectivity index (χ4v) is 0.856. The summed E-state index contributed by atoms with van der Waals surface area (Å²) in [5.74, 6) is 0.644. The maximum atomic E-state index is 8.63. The van der Waals surface area contributed by atoms with Crippen LogP contribution in [0, 0.1) is 13.8 Å². The Morgan fingerprint density at radius 1 is 0.652 bits per heavy atom. The number of hydrogen-bond acceptors (Lipinski definition) is 2. The molecule has 0 spiro atoms. The predicted octanol–water partition coefficient (Wildman–Crippen LogP) is 5.64. The minimum atomic E-state index is 0. The van der Waals surface area contributed by atoms with Crippen molar-refractivity contribution in [2.24, 2.45) is 0 Å². The van der Waals surface area contributed by atoms with Gasteiger partial charge in [-0.15, -0.1) is 0 Å². The average Bonchev–Trinajstić information content (AvgIpc) is 2.57. The monoisotopic (exact) mass is 326 g/mol. The Balaban J connectivity index is -0.000000238. The molecule has 0 aliphatic carbocycles. The van der Waals surface area contributed by atoms with E-state index in [0.717, 1.165) is 12.8 Å². The number of aromatic hydroxyl groups is 2. The number of rotatable bonds is 2. The van der Waals surface area contributed by atoms with Crippen LogP contribution in [0.5, 0.6) is 11.5 Å². The molecule has 0 radical (unpaired) electrons. The first kappa shape index (κ1) is 26.7. The Hall–Kier alpha value is -1.19. The summed E-state index contributed by atoms with van der Waals surface area (Å²) in [6.45, 7) is 11.4. The number of unbranched alkanes of at least 4 members (excludes halogenated alkanes) is 2. The minimum absolute atomic E-state index is 0. The van der Waals surface area contributed by atoms with Gasteiger partial charge in [0, 0.05) is 0 Å². The Morgan fingerprint density at radius 2 is 0.870 bits per heavy atom. The fraction of sp³-hybridized carbons (Fsp3) is 0.300. The van der Waals surface area contributed by atoms with Crippen molar-refractivity contribution in [2.75, 3.05) is 0 Å². The summed E-state index contributed by atoms with van der Waals surface area (Å²) >= 11 is 0. The van der Waals surface area contributed by atoms with Crippen molar-refractivity contribution >= 4 is 23.1 Å². The summed E-state index contributed by atoms with van der Waals surface area (Å²) in [5, 5.41) is 17.3. The zero-order valence-electron chi connectivity index (χ0n) is 14.6. The molecule has 0 aromatic heterocycles. The Morgan fingerprint density at radius 3 is 0.957 bits per heavy atom. The second kappa shape index (κ2) is 23.1. The van der Waals surface area contributed by atoms with Crippen molar-refractivity contribution < 1.29 is 10.2 Å². The summed E-state index contributed by atoms with van der Waals surface area (Å²) in [6.07, 6.45) is 4.56. The Bertz CT molecular complexity index is 359. The van der Waals surface area contributed by atoms with Gasteiger partial charge in [0.15, 0.2) is 0 Å². The first-order valence-corrected chi connectivity index (χ1v) is 7.68. The SMILES string of the molecule is Oc1ccccc1.Oc1ccccc1.[CH2-]CCC.[CH2-]CCC.[Mg+2]. The van der Waals surface area contributed by atoms with E-state index in [1.807, 2.05) is 12.1 Å². The molecule has 0 saturated carbocycles. The Labute approximate surface area is 158 Å². The van der Waals surface area contributed by atoms with Crippen LogP contribution in [0.25, 0.3) is 0 Å². The van der Waals surface area contributed by atoms with E-state index in [9.17, 15) is 0 Å². The van der Waals surface area contributed by atoms with E-state index in [0.29, 0.717) is 11.5 Å². The van der Waals surface area contributed by atoms with Crippen LogP contribution >= 0.6 is 0 Å². The van der Waals surface area contributed by atoms with Gasteiger partial charge in [-0.05, 0) is 24.3 Å². The number of phenolic OH excluding ortho intramolecular Hbond substituents is 2. The molecular weight excluding hydrogens is 297 g/mol. The molecule has 0 amide bonds. The quantitative estimate of drug-likeness (QED) is 0.553. The minimum Gasteiger partial charge on any atom is -0.508 e. The van der Waals surface area contributed by atoms with Gasteiger partial charge in [-0.25, -0.2) is 0 Å². The summed E-state index contributed by atoms with van der Waals surface area (Å²) in [5.41, 5.74) is 0. The van der Waals surface area contributed by atoms with E-state index < -0.39 is 0 Å². The molecule has 0 fully saturated rings. The van der Waals surface area contributed by atoms with Gasteiger partial charge in [0.25, 0.3) is 0 Å². The van der Waals surface area contributed by atoms with E-state index in [-0.39, 0.29) is 23.1 Å². The van der Waals surface area contributed by atoms with E-state index in [1.54, 1.807) is 48.5 Å². The molecule has 0 unspecified atom stereocenters. The van der Waals surface area contributed by atoms with Gasteiger partial charge in [-0.3, -0.25) is 0 Å². The van der Waals surface area contributed by atoms with Gasteiger partial charge in [-0.1, -0.05) is 63.1 Å². The maximum absolute atomic E-state index is 8.63. The largest absolute Gasteiger partial charge is 2.00 e. The summed E-state index contributed by atoms with van der Waals surface area (Å²) in [4.78, 5) is 0. The first-order chi connectivity index (χ1) is 10.6. The first-order valence-electron chi connectivity index (χ1n) is 7.68. The molecule has 124 valence electrons. The summed E-state index contributed by atoms with van der Waals surface area (Å²) < 4.78 is 0. The molecular formula is C20H30MgO2. The topological polar surface area (TPSA) is 40.5 Å². The second-order valence-corrected chi connectivity index (χ2v) is 4.38. The van der Waals surface area contributed by atoms with Gasteiger partial charge in [-0.2, -0.15) is 12.8 Å². The van der Waals surface area contributed by atoms with Crippen LogP contribution in [0.1, 0.15) is 39.5 Å². The molecule has 2 rings (SSSR count). The van der Waals surface area contributed by atoms with Crippen LogP contribution in [0.4, 0.5) is 0 Å². The molecule has 0 aliphatic heterocycles. The van der Waals surface area contributed by atoms with E-state index in [1.165, 1.54) is 12.8 Å². The molecule has 2 nitrogen and oxygen atoms in total.